The van der Waals surface area contributed by atoms with Crippen LogP contribution >= 0.6 is 0 Å². The normalized spacial score (nSPS) is 23.3. The molecule has 0 saturated carbocycles. The van der Waals surface area contributed by atoms with E-state index in [4.69, 9.17) is 5.11 Å². The van der Waals surface area contributed by atoms with Crippen LogP contribution in [0.15, 0.2) is 12.2 Å². The Morgan fingerprint density at radius 2 is 2.10 bits per heavy atom. The predicted molar refractivity (Wildman–Crippen MR) is 45.0 cm³/mol. The minimum Gasteiger partial charge on any atom is -0.389 e. The van der Waals surface area contributed by atoms with Crippen LogP contribution in [0.2, 0.25) is 0 Å². The van der Waals surface area contributed by atoms with Crippen molar-refractivity contribution >= 4 is 0 Å². The smallest absolute Gasteiger partial charge is 0.0721 e. The number of aliphatic hydroxyl groups excluding tert-OH is 1. The Morgan fingerprint density at radius 1 is 1.50 bits per heavy atom. The molecule has 1 unspecified atom stereocenters. The number of rotatable bonds is 0. The first kappa shape index (κ1) is 9.70. The van der Waals surface area contributed by atoms with Gasteiger partial charge in [-0.25, -0.2) is 0 Å². The lowest BCUT2D eigenvalue weighted by Crippen LogP contribution is -2.04. The molecule has 1 rings (SSSR count). The maximum atomic E-state index is 8.82. The molecule has 0 aromatic heterocycles. The second-order valence-electron chi connectivity index (χ2n) is 2.63. The highest BCUT2D eigenvalue weighted by molar-refractivity contribution is 4.92. The van der Waals surface area contributed by atoms with Crippen LogP contribution in [0.5, 0.6) is 0 Å². The van der Waals surface area contributed by atoms with Crippen molar-refractivity contribution < 1.29 is 5.11 Å². The molecule has 0 saturated heterocycles. The van der Waals surface area contributed by atoms with Crippen LogP contribution in [0.25, 0.3) is 0 Å². The summed E-state index contributed by atoms with van der Waals surface area (Å²) in [4.78, 5) is 0. The highest BCUT2D eigenvalue weighted by atomic mass is 16.3. The molecular weight excluding hydrogens is 124 g/mol. The van der Waals surface area contributed by atoms with Gasteiger partial charge >= 0.3 is 0 Å². The third-order valence-corrected chi connectivity index (χ3v) is 1.23. The highest BCUT2D eigenvalue weighted by Gasteiger charge is 2.00. The number of hydrogen-bond donors (Lipinski definition) is 1. The molecule has 0 aromatic rings. The van der Waals surface area contributed by atoms with Gasteiger partial charge in [-0.05, 0) is 19.3 Å². The van der Waals surface area contributed by atoms with E-state index in [1.165, 1.54) is 6.42 Å². The van der Waals surface area contributed by atoms with Crippen LogP contribution in [0.3, 0.4) is 0 Å². The molecule has 0 aliphatic heterocycles. The fourth-order valence-electron chi connectivity index (χ4n) is 0.794. The molecule has 1 N–H and O–H groups in total. The van der Waals surface area contributed by atoms with Gasteiger partial charge in [0.05, 0.1) is 6.10 Å². The Kier molecular flexibility index (Phi) is 6.61. The molecule has 1 atom stereocenters. The fourth-order valence-corrected chi connectivity index (χ4v) is 0.794. The van der Waals surface area contributed by atoms with Gasteiger partial charge in [0, 0.05) is 0 Å². The van der Waals surface area contributed by atoms with Crippen molar-refractivity contribution in [3.05, 3.63) is 12.2 Å². The summed E-state index contributed by atoms with van der Waals surface area (Å²) in [5, 5.41) is 8.82. The van der Waals surface area contributed by atoms with E-state index in [1.807, 2.05) is 12.2 Å². The fraction of sp³-hybridized carbons (Fsp3) is 0.778. The lowest BCUT2D eigenvalue weighted by Gasteiger charge is -2.07. The Bertz CT molecular complexity index is 86.7. The zero-order chi connectivity index (χ0) is 7.82. The van der Waals surface area contributed by atoms with E-state index in [2.05, 4.69) is 13.8 Å². The van der Waals surface area contributed by atoms with E-state index in [1.54, 1.807) is 0 Å². The summed E-state index contributed by atoms with van der Waals surface area (Å²) in [6.07, 6.45) is 8.26. The maximum Gasteiger partial charge on any atom is 0.0721 e. The second kappa shape index (κ2) is 6.81. The van der Waals surface area contributed by atoms with Crippen LogP contribution in [-0.2, 0) is 0 Å². The predicted octanol–water partition coefficient (Wildman–Crippen LogP) is 2.50. The summed E-state index contributed by atoms with van der Waals surface area (Å²) < 4.78 is 0. The molecule has 0 spiro atoms. The molecule has 0 bridgehead atoms. The zero-order valence-corrected chi connectivity index (χ0v) is 7.01. The van der Waals surface area contributed by atoms with Crippen molar-refractivity contribution in [2.24, 2.45) is 0 Å². The summed E-state index contributed by atoms with van der Waals surface area (Å²) in [7, 11) is 0. The third-order valence-electron chi connectivity index (χ3n) is 1.23. The maximum absolute atomic E-state index is 8.82. The van der Waals surface area contributed by atoms with Gasteiger partial charge in [-0.2, -0.15) is 0 Å². The zero-order valence-electron chi connectivity index (χ0n) is 7.01. The van der Waals surface area contributed by atoms with E-state index in [0.29, 0.717) is 0 Å². The third kappa shape index (κ3) is 5.83. The molecule has 60 valence electrons. The lowest BCUT2D eigenvalue weighted by atomic mass is 10.1. The summed E-state index contributed by atoms with van der Waals surface area (Å²) >= 11 is 0. The summed E-state index contributed by atoms with van der Waals surface area (Å²) in [5.41, 5.74) is 0. The quantitative estimate of drug-likeness (QED) is 0.515. The number of allylic oxidation sites excluding steroid dienone is 1. The molecule has 0 amide bonds. The van der Waals surface area contributed by atoms with Gasteiger partial charge in [-0.3, -0.25) is 0 Å². The first-order valence-electron chi connectivity index (χ1n) is 4.16. The average molecular weight is 142 g/mol. The molecule has 10 heavy (non-hydrogen) atoms. The molecule has 1 aliphatic carbocycles. The van der Waals surface area contributed by atoms with E-state index >= 15 is 0 Å². The van der Waals surface area contributed by atoms with Gasteiger partial charge in [0.15, 0.2) is 0 Å². The van der Waals surface area contributed by atoms with Crippen molar-refractivity contribution in [2.45, 2.75) is 45.6 Å². The van der Waals surface area contributed by atoms with Crippen LogP contribution in [-0.4, -0.2) is 11.2 Å². The molecule has 1 aliphatic rings. The van der Waals surface area contributed by atoms with Crippen LogP contribution in [0.1, 0.15) is 39.5 Å². The molecular formula is C9H18O. The monoisotopic (exact) mass is 142 g/mol. The first-order valence-corrected chi connectivity index (χ1v) is 4.16. The Labute approximate surface area is 63.8 Å². The van der Waals surface area contributed by atoms with E-state index in [9.17, 15) is 0 Å². The van der Waals surface area contributed by atoms with Crippen molar-refractivity contribution in [1.29, 1.82) is 0 Å². The second-order valence-corrected chi connectivity index (χ2v) is 2.63. The summed E-state index contributed by atoms with van der Waals surface area (Å²) in [6.45, 7) is 4.25. The van der Waals surface area contributed by atoms with E-state index in [0.717, 1.165) is 19.3 Å². The number of aliphatic hydroxyl groups is 1. The average Bonchev–Trinajstić information content (AvgIpc) is 1.91. The largest absolute Gasteiger partial charge is 0.389 e. The Hall–Kier alpha value is -0.300. The molecule has 0 fully saturated rings. The Balaban J connectivity index is 0.000000236. The van der Waals surface area contributed by atoms with Crippen molar-refractivity contribution in [2.75, 3.05) is 0 Å². The molecule has 0 aromatic carbocycles. The van der Waals surface area contributed by atoms with E-state index in [-0.39, 0.29) is 6.10 Å². The van der Waals surface area contributed by atoms with Gasteiger partial charge in [0.2, 0.25) is 0 Å². The van der Waals surface area contributed by atoms with Crippen LogP contribution in [0.4, 0.5) is 0 Å². The summed E-state index contributed by atoms with van der Waals surface area (Å²) in [6, 6.07) is 0. The molecule has 0 heterocycles. The highest BCUT2D eigenvalue weighted by Crippen LogP contribution is 2.08. The SMILES string of the molecule is CCC.OC1C=CCCC1. The van der Waals surface area contributed by atoms with Gasteiger partial charge in [-0.1, -0.05) is 32.4 Å². The van der Waals surface area contributed by atoms with Gasteiger partial charge in [0.25, 0.3) is 0 Å². The van der Waals surface area contributed by atoms with Gasteiger partial charge in [-0.15, -0.1) is 0 Å². The van der Waals surface area contributed by atoms with Gasteiger partial charge < -0.3 is 5.11 Å². The van der Waals surface area contributed by atoms with Crippen molar-refractivity contribution in [3.8, 4) is 0 Å². The molecule has 1 heteroatoms. The summed E-state index contributed by atoms with van der Waals surface area (Å²) in [5.74, 6) is 0. The van der Waals surface area contributed by atoms with Crippen molar-refractivity contribution in [1.82, 2.24) is 0 Å². The molecule has 1 nitrogen and oxygen atoms in total. The minimum atomic E-state index is -0.145. The lowest BCUT2D eigenvalue weighted by molar-refractivity contribution is 0.204. The molecule has 0 radical (unpaired) electrons. The van der Waals surface area contributed by atoms with Gasteiger partial charge in [0.1, 0.15) is 0 Å². The minimum absolute atomic E-state index is 0.145. The van der Waals surface area contributed by atoms with Crippen LogP contribution in [0, 0.1) is 0 Å². The topological polar surface area (TPSA) is 20.2 Å². The van der Waals surface area contributed by atoms with Crippen LogP contribution < -0.4 is 0 Å². The standard InChI is InChI=1S/C6H10O.C3H8/c7-6-4-2-1-3-5-6;1-3-2/h2,4,6-7H,1,3,5H2;3H2,1-2H3. The Morgan fingerprint density at radius 3 is 2.30 bits per heavy atom. The first-order chi connectivity index (χ1) is 4.81. The van der Waals surface area contributed by atoms with Crippen molar-refractivity contribution in [3.63, 3.8) is 0 Å². The number of hydrogen-bond acceptors (Lipinski definition) is 1. The van der Waals surface area contributed by atoms with E-state index < -0.39 is 0 Å².